The van der Waals surface area contributed by atoms with Crippen LogP contribution in [-0.4, -0.2) is 11.0 Å². The quantitative estimate of drug-likeness (QED) is 0.547. The second-order valence-electron chi connectivity index (χ2n) is 7.18. The molecule has 1 unspecified atom stereocenters. The van der Waals surface area contributed by atoms with E-state index in [2.05, 4.69) is 4.98 Å². The van der Waals surface area contributed by atoms with Crippen molar-refractivity contribution in [3.05, 3.63) is 64.8 Å². The number of benzene rings is 1. The molecule has 1 saturated carbocycles. The van der Waals surface area contributed by atoms with Gasteiger partial charge >= 0.3 is 5.97 Å². The Bertz CT molecular complexity index is 848. The lowest BCUT2D eigenvalue weighted by molar-refractivity contribution is -0.151. The van der Waals surface area contributed by atoms with Gasteiger partial charge in [0, 0.05) is 6.07 Å². The van der Waals surface area contributed by atoms with Gasteiger partial charge in [0.1, 0.15) is 16.3 Å². The number of carbonyl (C=O) groups is 1. The van der Waals surface area contributed by atoms with Crippen molar-refractivity contribution in [2.45, 2.75) is 26.9 Å². The number of rotatable bonds is 6. The van der Waals surface area contributed by atoms with Crippen molar-refractivity contribution in [3.8, 4) is 11.6 Å². The van der Waals surface area contributed by atoms with Crippen molar-refractivity contribution < 1.29 is 14.3 Å². The first-order valence-corrected chi connectivity index (χ1v) is 9.48. The van der Waals surface area contributed by atoms with Gasteiger partial charge in [-0.15, -0.1) is 0 Å². The fourth-order valence-corrected chi connectivity index (χ4v) is 3.48. The SMILES string of the molecule is CC(OC(=O)[C@@H]1[C@@H](C=C(Cl)Cl)C1(C)C)c1cccc(Oc2ccccc2)n1. The maximum Gasteiger partial charge on any atom is 0.310 e. The minimum absolute atomic E-state index is 0.0251. The summed E-state index contributed by atoms with van der Waals surface area (Å²) in [6, 6.07) is 14.8. The smallest absolute Gasteiger partial charge is 0.310 e. The minimum atomic E-state index is -0.496. The highest BCUT2D eigenvalue weighted by molar-refractivity contribution is 6.55. The lowest BCUT2D eigenvalue weighted by Crippen LogP contribution is -2.14. The third kappa shape index (κ3) is 4.63. The number of aromatic nitrogens is 1. The number of ether oxygens (including phenoxy) is 2. The van der Waals surface area contributed by atoms with E-state index in [9.17, 15) is 4.79 Å². The summed E-state index contributed by atoms with van der Waals surface area (Å²) >= 11 is 11.5. The molecule has 27 heavy (non-hydrogen) atoms. The van der Waals surface area contributed by atoms with Crippen molar-refractivity contribution in [3.63, 3.8) is 0 Å². The highest BCUT2D eigenvalue weighted by atomic mass is 35.5. The number of pyridine rings is 1. The highest BCUT2D eigenvalue weighted by Crippen LogP contribution is 2.60. The van der Waals surface area contributed by atoms with Gasteiger partial charge in [-0.25, -0.2) is 4.98 Å². The van der Waals surface area contributed by atoms with E-state index in [4.69, 9.17) is 32.7 Å². The standard InChI is InChI=1S/C21H21Cl2NO3/c1-13(26-20(25)19-15(12-17(22)23)21(19,2)3)16-10-7-11-18(24-16)27-14-8-5-4-6-9-14/h4-13,15,19H,1-3H3/t13?,15-,19+/m1/s1. The number of allylic oxidation sites excluding steroid dienone is 1. The molecule has 1 aliphatic carbocycles. The molecule has 0 radical (unpaired) electrons. The Labute approximate surface area is 169 Å². The number of carbonyl (C=O) groups excluding carboxylic acids is 1. The van der Waals surface area contributed by atoms with Crippen LogP contribution in [0.5, 0.6) is 11.6 Å². The largest absolute Gasteiger partial charge is 0.456 e. The van der Waals surface area contributed by atoms with Crippen LogP contribution in [0, 0.1) is 17.3 Å². The first-order chi connectivity index (χ1) is 12.8. The van der Waals surface area contributed by atoms with Crippen LogP contribution in [0.2, 0.25) is 0 Å². The molecule has 1 aromatic heterocycles. The van der Waals surface area contributed by atoms with E-state index in [1.54, 1.807) is 25.1 Å². The number of esters is 1. The van der Waals surface area contributed by atoms with E-state index in [1.807, 2.05) is 50.2 Å². The van der Waals surface area contributed by atoms with Gasteiger partial charge in [0.2, 0.25) is 5.88 Å². The van der Waals surface area contributed by atoms with E-state index in [-0.39, 0.29) is 27.7 Å². The van der Waals surface area contributed by atoms with Crippen LogP contribution in [0.15, 0.2) is 59.1 Å². The van der Waals surface area contributed by atoms with Gasteiger partial charge in [0.15, 0.2) is 0 Å². The number of halogens is 2. The molecule has 0 spiro atoms. The van der Waals surface area contributed by atoms with Gasteiger partial charge in [-0.2, -0.15) is 0 Å². The van der Waals surface area contributed by atoms with E-state index in [0.29, 0.717) is 17.3 Å². The molecule has 0 bridgehead atoms. The highest BCUT2D eigenvalue weighted by Gasteiger charge is 2.61. The second-order valence-corrected chi connectivity index (χ2v) is 8.18. The molecule has 0 aliphatic heterocycles. The number of nitrogens with zero attached hydrogens (tertiary/aromatic N) is 1. The maximum atomic E-state index is 12.6. The molecule has 1 aliphatic rings. The first kappa shape index (κ1) is 19.7. The molecule has 4 nitrogen and oxygen atoms in total. The maximum absolute atomic E-state index is 12.6. The van der Waals surface area contributed by atoms with Crippen LogP contribution < -0.4 is 4.74 Å². The van der Waals surface area contributed by atoms with Gasteiger partial charge in [-0.1, -0.05) is 61.3 Å². The summed E-state index contributed by atoms with van der Waals surface area (Å²) < 4.78 is 11.5. The molecule has 1 fully saturated rings. The Kier molecular flexibility index (Phi) is 5.78. The van der Waals surface area contributed by atoms with Crippen molar-refractivity contribution >= 4 is 29.2 Å². The Morgan fingerprint density at radius 2 is 1.85 bits per heavy atom. The summed E-state index contributed by atoms with van der Waals surface area (Å²) in [5.74, 6) is 0.570. The zero-order valence-electron chi connectivity index (χ0n) is 15.4. The zero-order chi connectivity index (χ0) is 19.6. The van der Waals surface area contributed by atoms with Gasteiger partial charge in [0.25, 0.3) is 0 Å². The van der Waals surface area contributed by atoms with Gasteiger partial charge in [0.05, 0.1) is 11.6 Å². The van der Waals surface area contributed by atoms with Crippen molar-refractivity contribution in [1.82, 2.24) is 4.98 Å². The molecule has 3 rings (SSSR count). The number of hydrogen-bond acceptors (Lipinski definition) is 4. The average molecular weight is 406 g/mol. The zero-order valence-corrected chi connectivity index (χ0v) is 16.9. The molecule has 6 heteroatoms. The van der Waals surface area contributed by atoms with Crippen LogP contribution in [0.25, 0.3) is 0 Å². The van der Waals surface area contributed by atoms with Crippen LogP contribution in [-0.2, 0) is 9.53 Å². The summed E-state index contributed by atoms with van der Waals surface area (Å²) in [6.45, 7) is 5.78. The Morgan fingerprint density at radius 1 is 1.15 bits per heavy atom. The number of para-hydroxylation sites is 1. The molecule has 2 aromatic rings. The molecule has 142 valence electrons. The molecule has 0 saturated heterocycles. The fraction of sp³-hybridized carbons (Fsp3) is 0.333. The van der Waals surface area contributed by atoms with E-state index in [1.165, 1.54) is 0 Å². The molecule has 0 N–H and O–H groups in total. The van der Waals surface area contributed by atoms with Crippen LogP contribution in [0.4, 0.5) is 0 Å². The molecule has 0 amide bonds. The van der Waals surface area contributed by atoms with E-state index < -0.39 is 6.10 Å². The van der Waals surface area contributed by atoms with Crippen molar-refractivity contribution in [1.29, 1.82) is 0 Å². The Hall–Kier alpha value is -2.04. The molecular formula is C21H21Cl2NO3. The predicted octanol–water partition coefficient (Wildman–Crippen LogP) is 6.07. The first-order valence-electron chi connectivity index (χ1n) is 8.72. The second kappa shape index (κ2) is 7.91. The monoisotopic (exact) mass is 405 g/mol. The van der Waals surface area contributed by atoms with Crippen LogP contribution in [0.3, 0.4) is 0 Å². The molecular weight excluding hydrogens is 385 g/mol. The van der Waals surface area contributed by atoms with E-state index in [0.717, 1.165) is 0 Å². The molecule has 3 atom stereocenters. The lowest BCUT2D eigenvalue weighted by Gasteiger charge is -2.14. The summed E-state index contributed by atoms with van der Waals surface area (Å²) in [4.78, 5) is 17.0. The Morgan fingerprint density at radius 3 is 2.52 bits per heavy atom. The predicted molar refractivity (Wildman–Crippen MR) is 106 cm³/mol. The summed E-state index contributed by atoms with van der Waals surface area (Å²) in [5.41, 5.74) is 0.398. The van der Waals surface area contributed by atoms with Crippen LogP contribution >= 0.6 is 23.2 Å². The molecule has 1 aromatic carbocycles. The molecule has 1 heterocycles. The third-order valence-electron chi connectivity index (χ3n) is 4.89. The summed E-state index contributed by atoms with van der Waals surface area (Å²) in [6.07, 6.45) is 1.20. The topological polar surface area (TPSA) is 48.4 Å². The fourth-order valence-electron chi connectivity index (χ4n) is 3.21. The van der Waals surface area contributed by atoms with Gasteiger partial charge in [-0.3, -0.25) is 4.79 Å². The van der Waals surface area contributed by atoms with Gasteiger partial charge < -0.3 is 9.47 Å². The van der Waals surface area contributed by atoms with Crippen molar-refractivity contribution in [2.24, 2.45) is 17.3 Å². The van der Waals surface area contributed by atoms with Gasteiger partial charge in [-0.05, 0) is 42.5 Å². The summed E-state index contributed by atoms with van der Waals surface area (Å²) in [5, 5.41) is 0. The Balaban J connectivity index is 1.66. The average Bonchev–Trinajstić information content (AvgIpc) is 3.15. The van der Waals surface area contributed by atoms with E-state index >= 15 is 0 Å². The normalized spacial score (nSPS) is 21.1. The van der Waals surface area contributed by atoms with Crippen molar-refractivity contribution in [2.75, 3.05) is 0 Å². The summed E-state index contributed by atoms with van der Waals surface area (Å²) in [7, 11) is 0. The number of hydrogen-bond donors (Lipinski definition) is 0. The minimum Gasteiger partial charge on any atom is -0.456 e. The lowest BCUT2D eigenvalue weighted by atomic mass is 10.1. The third-order valence-corrected chi connectivity index (χ3v) is 5.14. The van der Waals surface area contributed by atoms with Crippen LogP contribution in [0.1, 0.15) is 32.6 Å².